The summed E-state index contributed by atoms with van der Waals surface area (Å²) >= 11 is 2.79. The summed E-state index contributed by atoms with van der Waals surface area (Å²) in [6, 6.07) is 16.8. The minimum atomic E-state index is -3.56. The highest BCUT2D eigenvalue weighted by molar-refractivity contribution is 8.00. The number of carbonyl (C=O) groups excluding carboxylic acids is 1. The van der Waals surface area contributed by atoms with E-state index < -0.39 is 22.0 Å². The molecule has 11 heteroatoms. The lowest BCUT2D eigenvalue weighted by Crippen LogP contribution is -2.49. The lowest BCUT2D eigenvalue weighted by Gasteiger charge is -2.34. The summed E-state index contributed by atoms with van der Waals surface area (Å²) in [7, 11) is -3.56. The van der Waals surface area contributed by atoms with Gasteiger partial charge in [-0.3, -0.25) is 14.4 Å². The maximum atomic E-state index is 12.8. The third-order valence-electron chi connectivity index (χ3n) is 4.57. The second-order valence-corrected chi connectivity index (χ2v) is 11.0. The Kier molecular flexibility index (Phi) is 6.44. The Bertz CT molecular complexity index is 1170. The molecule has 2 heterocycles. The van der Waals surface area contributed by atoms with E-state index in [4.69, 9.17) is 4.74 Å². The number of aromatic nitrogens is 2. The highest BCUT2D eigenvalue weighted by atomic mass is 32.2. The van der Waals surface area contributed by atoms with Gasteiger partial charge in [0.05, 0.1) is 18.0 Å². The molecule has 3 aromatic rings. The molecule has 2 aromatic carbocycles. The predicted octanol–water partition coefficient (Wildman–Crippen LogP) is 3.39. The smallest absolute Gasteiger partial charge is 0.269 e. The first-order valence-electron chi connectivity index (χ1n) is 9.53. The normalized spacial score (nSPS) is 15.8. The average molecular weight is 477 g/mol. The number of rotatable bonds is 7. The Balaban J connectivity index is 1.44. The fourth-order valence-electron chi connectivity index (χ4n) is 2.98. The van der Waals surface area contributed by atoms with Crippen molar-refractivity contribution in [2.75, 3.05) is 21.9 Å². The van der Waals surface area contributed by atoms with Gasteiger partial charge in [0.2, 0.25) is 15.2 Å². The number of carbonyl (C=O) groups is 1. The molecule has 0 saturated carbocycles. The number of hydrogen-bond acceptors (Lipinski definition) is 8. The Labute approximate surface area is 188 Å². The second-order valence-electron chi connectivity index (χ2n) is 6.64. The zero-order chi connectivity index (χ0) is 21.8. The lowest BCUT2D eigenvalue weighted by molar-refractivity contribution is -0.122. The van der Waals surface area contributed by atoms with Crippen LogP contribution in [-0.2, 0) is 20.6 Å². The van der Waals surface area contributed by atoms with E-state index in [9.17, 15) is 13.2 Å². The number of nitrogens with zero attached hydrogens (tertiary/aromatic N) is 3. The van der Waals surface area contributed by atoms with Crippen LogP contribution in [0.3, 0.4) is 0 Å². The van der Waals surface area contributed by atoms with Gasteiger partial charge in [-0.2, -0.15) is 0 Å². The van der Waals surface area contributed by atoms with Gasteiger partial charge in [-0.25, -0.2) is 8.42 Å². The monoisotopic (exact) mass is 476 g/mol. The molecule has 0 spiro atoms. The van der Waals surface area contributed by atoms with Crippen molar-refractivity contribution < 1.29 is 17.9 Å². The van der Waals surface area contributed by atoms with Crippen molar-refractivity contribution in [3.8, 4) is 5.75 Å². The van der Waals surface area contributed by atoms with Crippen LogP contribution in [0.4, 0.5) is 10.8 Å². The molecule has 0 unspecified atom stereocenters. The summed E-state index contributed by atoms with van der Waals surface area (Å²) in [6.45, 7) is 1.46. The van der Waals surface area contributed by atoms with Crippen LogP contribution < -0.4 is 14.4 Å². The van der Waals surface area contributed by atoms with Gasteiger partial charge in [0.25, 0.3) is 5.91 Å². The fraction of sp³-hybridized carbons (Fsp3) is 0.250. The molecule has 31 heavy (non-hydrogen) atoms. The largest absolute Gasteiger partial charge is 0.476 e. The SMILES string of the molecule is CCS(=O)(=O)N1C[C@@H](C(=O)Nc2nnc(SCc3ccccc3)s2)Oc2ccccc21. The number of thioether (sulfide) groups is 1. The molecule has 162 valence electrons. The molecule has 0 saturated heterocycles. The molecule has 1 aliphatic heterocycles. The second kappa shape index (κ2) is 9.25. The summed E-state index contributed by atoms with van der Waals surface area (Å²) in [5, 5.41) is 11.2. The van der Waals surface area contributed by atoms with Crippen LogP contribution in [0, 0.1) is 0 Å². The first-order chi connectivity index (χ1) is 15.0. The standard InChI is InChI=1S/C20H20N4O4S3/c1-2-31(26,27)24-12-17(28-16-11-7-6-10-15(16)24)18(25)21-19-22-23-20(30-19)29-13-14-8-4-3-5-9-14/h3-11,17H,2,12-13H2,1H3,(H,21,22,25)/t17-/m0/s1. The summed E-state index contributed by atoms with van der Waals surface area (Å²) < 4.78 is 32.8. The highest BCUT2D eigenvalue weighted by Gasteiger charge is 2.36. The molecule has 0 fully saturated rings. The summed E-state index contributed by atoms with van der Waals surface area (Å²) in [5.74, 6) is 0.549. The first-order valence-corrected chi connectivity index (χ1v) is 12.9. The van der Waals surface area contributed by atoms with Crippen molar-refractivity contribution in [3.63, 3.8) is 0 Å². The molecule has 1 amide bonds. The molecule has 0 aliphatic carbocycles. The zero-order valence-corrected chi connectivity index (χ0v) is 19.0. The van der Waals surface area contributed by atoms with Crippen LogP contribution in [0.2, 0.25) is 0 Å². The van der Waals surface area contributed by atoms with Gasteiger partial charge in [0, 0.05) is 5.75 Å². The molecule has 0 bridgehead atoms. The number of benzene rings is 2. The maximum Gasteiger partial charge on any atom is 0.269 e. The first kappa shape index (κ1) is 21.6. The van der Waals surface area contributed by atoms with Crippen molar-refractivity contribution in [1.82, 2.24) is 10.2 Å². The molecule has 8 nitrogen and oxygen atoms in total. The molecule has 0 radical (unpaired) electrons. The van der Waals surface area contributed by atoms with E-state index in [1.54, 1.807) is 31.2 Å². The molecule has 1 atom stereocenters. The van der Waals surface area contributed by atoms with Crippen molar-refractivity contribution >= 4 is 49.8 Å². The van der Waals surface area contributed by atoms with Crippen molar-refractivity contribution in [2.45, 2.75) is 23.1 Å². The van der Waals surface area contributed by atoms with Crippen molar-refractivity contribution in [2.24, 2.45) is 0 Å². The van der Waals surface area contributed by atoms with Gasteiger partial charge >= 0.3 is 0 Å². The fourth-order valence-corrected chi connectivity index (χ4v) is 5.82. The lowest BCUT2D eigenvalue weighted by atomic mass is 10.2. The number of ether oxygens (including phenoxy) is 1. The molecule has 1 aromatic heterocycles. The quantitative estimate of drug-likeness (QED) is 0.412. The van der Waals surface area contributed by atoms with E-state index in [0.717, 1.165) is 10.1 Å². The Morgan fingerprint density at radius 3 is 2.71 bits per heavy atom. The number of anilines is 2. The number of fused-ring (bicyclic) bond motifs is 1. The minimum absolute atomic E-state index is 0.0753. The number of amides is 1. The third-order valence-corrected chi connectivity index (χ3v) is 8.36. The maximum absolute atomic E-state index is 12.8. The van der Waals surface area contributed by atoms with Crippen LogP contribution in [0.25, 0.3) is 0 Å². The van der Waals surface area contributed by atoms with E-state index in [1.807, 2.05) is 30.3 Å². The van der Waals surface area contributed by atoms with Gasteiger partial charge in [-0.1, -0.05) is 65.6 Å². The van der Waals surface area contributed by atoms with Crippen molar-refractivity contribution in [1.29, 1.82) is 0 Å². The highest BCUT2D eigenvalue weighted by Crippen LogP contribution is 2.35. The Hall–Kier alpha value is -2.63. The van der Waals surface area contributed by atoms with Crippen molar-refractivity contribution in [3.05, 3.63) is 60.2 Å². The average Bonchev–Trinajstić information content (AvgIpc) is 3.24. The predicted molar refractivity (Wildman–Crippen MR) is 122 cm³/mol. The summed E-state index contributed by atoms with van der Waals surface area (Å²) in [5.41, 5.74) is 1.60. The zero-order valence-electron chi connectivity index (χ0n) is 16.6. The van der Waals surface area contributed by atoms with Gasteiger partial charge < -0.3 is 4.74 Å². The van der Waals surface area contributed by atoms with E-state index in [0.29, 0.717) is 16.6 Å². The van der Waals surface area contributed by atoms with E-state index >= 15 is 0 Å². The van der Waals surface area contributed by atoms with Crippen LogP contribution >= 0.6 is 23.1 Å². The summed E-state index contributed by atoms with van der Waals surface area (Å²) in [4.78, 5) is 12.8. The van der Waals surface area contributed by atoms with Gasteiger partial charge in [-0.05, 0) is 24.6 Å². The third kappa shape index (κ3) is 5.00. The number of hydrogen-bond donors (Lipinski definition) is 1. The number of nitrogens with one attached hydrogen (secondary N) is 1. The van der Waals surface area contributed by atoms with Crippen LogP contribution in [0.5, 0.6) is 5.75 Å². The van der Waals surface area contributed by atoms with Gasteiger partial charge in [-0.15, -0.1) is 10.2 Å². The minimum Gasteiger partial charge on any atom is -0.476 e. The number of para-hydroxylation sites is 2. The Morgan fingerprint density at radius 2 is 1.94 bits per heavy atom. The molecular formula is C20H20N4O4S3. The van der Waals surface area contributed by atoms with E-state index in [2.05, 4.69) is 15.5 Å². The van der Waals surface area contributed by atoms with Crippen LogP contribution in [-0.4, -0.2) is 42.9 Å². The van der Waals surface area contributed by atoms with Gasteiger partial charge in [0.1, 0.15) is 5.75 Å². The number of sulfonamides is 1. The Morgan fingerprint density at radius 1 is 1.19 bits per heavy atom. The molecule has 1 aliphatic rings. The molecule has 1 N–H and O–H groups in total. The van der Waals surface area contributed by atoms with Crippen LogP contribution in [0.15, 0.2) is 58.9 Å². The van der Waals surface area contributed by atoms with Crippen LogP contribution in [0.1, 0.15) is 12.5 Å². The molecule has 4 rings (SSSR count). The van der Waals surface area contributed by atoms with Gasteiger partial charge in [0.15, 0.2) is 10.4 Å². The molecular weight excluding hydrogens is 456 g/mol. The summed E-state index contributed by atoms with van der Waals surface area (Å²) in [6.07, 6.45) is -0.999. The van der Waals surface area contributed by atoms with E-state index in [-0.39, 0.29) is 12.3 Å². The van der Waals surface area contributed by atoms with E-state index in [1.165, 1.54) is 33.0 Å². The topological polar surface area (TPSA) is 101 Å².